The molecular weight excluding hydrogens is 439 g/mol. The molecule has 12 heteroatoms. The Bertz CT molecular complexity index is 942. The van der Waals surface area contributed by atoms with Crippen LogP contribution in [0.15, 0.2) is 30.7 Å². The highest BCUT2D eigenvalue weighted by Crippen LogP contribution is 2.41. The van der Waals surface area contributed by atoms with Crippen molar-refractivity contribution in [2.45, 2.75) is 31.0 Å². The molecule has 0 bridgehead atoms. The summed E-state index contributed by atoms with van der Waals surface area (Å²) in [5.41, 5.74) is -3.41. The second kappa shape index (κ2) is 8.83. The van der Waals surface area contributed by atoms with E-state index >= 15 is 0 Å². The first-order chi connectivity index (χ1) is 14.5. The molecule has 0 spiro atoms. The normalized spacial score (nSPS) is 17.3. The molecule has 0 radical (unpaired) electrons. The summed E-state index contributed by atoms with van der Waals surface area (Å²) >= 11 is 5.75. The summed E-state index contributed by atoms with van der Waals surface area (Å²) in [5.74, 6) is -1.89. The molecule has 2 amide bonds. The van der Waals surface area contributed by atoms with Crippen molar-refractivity contribution < 1.29 is 27.9 Å². The van der Waals surface area contributed by atoms with Crippen molar-refractivity contribution in [2.75, 3.05) is 18.4 Å². The molecule has 1 atom stereocenters. The number of nitrogens with one attached hydrogen (secondary N) is 1. The van der Waals surface area contributed by atoms with Crippen molar-refractivity contribution in [3.8, 4) is 0 Å². The van der Waals surface area contributed by atoms with Gasteiger partial charge in [-0.25, -0.2) is 9.97 Å². The van der Waals surface area contributed by atoms with Gasteiger partial charge in [0, 0.05) is 44.6 Å². The van der Waals surface area contributed by atoms with Crippen LogP contribution in [-0.2, 0) is 22.2 Å². The van der Waals surface area contributed by atoms with Crippen LogP contribution in [0.2, 0.25) is 5.02 Å². The van der Waals surface area contributed by atoms with E-state index in [0.717, 1.165) is 10.8 Å². The van der Waals surface area contributed by atoms with Crippen LogP contribution in [-0.4, -0.2) is 55.6 Å². The average molecular weight is 460 g/mol. The van der Waals surface area contributed by atoms with Crippen molar-refractivity contribution in [2.24, 2.45) is 13.0 Å². The number of anilines is 1. The minimum absolute atomic E-state index is 0.0967. The van der Waals surface area contributed by atoms with Gasteiger partial charge in [0.05, 0.1) is 11.4 Å². The van der Waals surface area contributed by atoms with E-state index in [1.807, 2.05) is 0 Å². The zero-order valence-corrected chi connectivity index (χ0v) is 17.3. The second-order valence-corrected chi connectivity index (χ2v) is 7.84. The van der Waals surface area contributed by atoms with Crippen LogP contribution in [0.4, 0.5) is 19.0 Å². The molecule has 0 saturated carbocycles. The number of aromatic nitrogens is 3. The number of hydrogen-bond donors (Lipinski definition) is 2. The van der Waals surface area contributed by atoms with E-state index in [2.05, 4.69) is 15.3 Å². The van der Waals surface area contributed by atoms with Gasteiger partial charge in [-0.05, 0) is 25.0 Å². The number of aryl methyl sites for hydroxylation is 1. The molecule has 1 aliphatic rings. The molecular formula is C19H21ClF3N5O3. The zero-order chi connectivity index (χ0) is 22.8. The highest BCUT2D eigenvalue weighted by molar-refractivity contribution is 6.30. The number of halogens is 4. The molecule has 1 unspecified atom stereocenters. The number of aliphatic hydroxyl groups is 1. The number of nitrogens with zero attached hydrogens (tertiary/aromatic N) is 4. The fourth-order valence-corrected chi connectivity index (χ4v) is 3.58. The zero-order valence-electron chi connectivity index (χ0n) is 16.6. The van der Waals surface area contributed by atoms with E-state index in [9.17, 15) is 27.9 Å². The molecule has 1 fully saturated rings. The van der Waals surface area contributed by atoms with E-state index in [4.69, 9.17) is 11.6 Å². The minimum Gasteiger partial charge on any atom is -0.374 e. The Morgan fingerprint density at radius 3 is 2.45 bits per heavy atom. The number of carbonyl (C=O) groups is 2. The Morgan fingerprint density at radius 1 is 1.26 bits per heavy atom. The highest BCUT2D eigenvalue weighted by Gasteiger charge is 2.59. The van der Waals surface area contributed by atoms with E-state index in [0.29, 0.717) is 10.8 Å². The van der Waals surface area contributed by atoms with E-state index in [1.165, 1.54) is 24.3 Å². The largest absolute Gasteiger partial charge is 0.425 e. The van der Waals surface area contributed by atoms with E-state index in [1.54, 1.807) is 12.1 Å². The summed E-state index contributed by atoms with van der Waals surface area (Å²) in [6.07, 6.45) is -1.96. The Labute approximate surface area is 181 Å². The van der Waals surface area contributed by atoms with Gasteiger partial charge in [0.15, 0.2) is 5.82 Å². The molecule has 3 heterocycles. The Kier molecular flexibility index (Phi) is 6.56. The Hall–Kier alpha value is -2.66. The lowest BCUT2D eigenvalue weighted by Crippen LogP contribution is -2.50. The van der Waals surface area contributed by atoms with Gasteiger partial charge in [-0.1, -0.05) is 11.6 Å². The van der Waals surface area contributed by atoms with E-state index < -0.39 is 35.8 Å². The third-order valence-corrected chi connectivity index (χ3v) is 5.49. The van der Waals surface area contributed by atoms with Gasteiger partial charge in [0.25, 0.3) is 0 Å². The predicted molar refractivity (Wildman–Crippen MR) is 105 cm³/mol. The Morgan fingerprint density at radius 2 is 1.94 bits per heavy atom. The maximum absolute atomic E-state index is 13.6. The third-order valence-electron chi connectivity index (χ3n) is 5.26. The number of carbonyl (C=O) groups excluding carboxylic acids is 2. The van der Waals surface area contributed by atoms with Gasteiger partial charge in [0.2, 0.25) is 17.4 Å². The highest BCUT2D eigenvalue weighted by atomic mass is 35.5. The fourth-order valence-electron chi connectivity index (χ4n) is 3.47. The van der Waals surface area contributed by atoms with Gasteiger partial charge in [-0.15, -0.1) is 0 Å². The molecule has 0 aliphatic carbocycles. The fraction of sp³-hybridized carbons (Fsp3) is 0.474. The number of amides is 2. The van der Waals surface area contributed by atoms with Crippen LogP contribution in [0.3, 0.4) is 0 Å². The number of likely N-dealkylation sites (tertiary alicyclic amines) is 1. The van der Waals surface area contributed by atoms with Crippen LogP contribution in [0.5, 0.6) is 0 Å². The number of piperidine rings is 1. The maximum atomic E-state index is 13.6. The number of hydrogen-bond acceptors (Lipinski definition) is 5. The molecule has 1 aliphatic heterocycles. The van der Waals surface area contributed by atoms with Crippen molar-refractivity contribution in [1.82, 2.24) is 19.4 Å². The van der Waals surface area contributed by atoms with Crippen LogP contribution < -0.4 is 5.32 Å². The van der Waals surface area contributed by atoms with Gasteiger partial charge < -0.3 is 19.9 Å². The predicted octanol–water partition coefficient (Wildman–Crippen LogP) is 2.49. The first-order valence-electron chi connectivity index (χ1n) is 9.48. The van der Waals surface area contributed by atoms with E-state index in [-0.39, 0.29) is 31.8 Å². The van der Waals surface area contributed by atoms with Gasteiger partial charge in [0.1, 0.15) is 5.82 Å². The van der Waals surface area contributed by atoms with Crippen LogP contribution in [0, 0.1) is 5.92 Å². The second-order valence-electron chi connectivity index (χ2n) is 7.40. The van der Waals surface area contributed by atoms with Crippen molar-refractivity contribution in [3.63, 3.8) is 0 Å². The number of imidazole rings is 1. The standard InChI is InChI=1S/C19H21ClF3N5O3/c1-27-9-6-24-17(27)18(31,19(21,22)23)10-15(29)28-7-4-12(5-8-28)16(30)26-14-3-2-13(20)11-25-14/h2-3,6,9,11-12,31H,4-5,7-8,10H2,1H3,(H,25,26,30). The number of pyridine rings is 1. The van der Waals surface area contributed by atoms with Crippen molar-refractivity contribution in [1.29, 1.82) is 0 Å². The van der Waals surface area contributed by atoms with Crippen LogP contribution in [0.1, 0.15) is 25.1 Å². The van der Waals surface area contributed by atoms with Crippen molar-refractivity contribution in [3.05, 3.63) is 41.6 Å². The topological polar surface area (TPSA) is 100 Å². The quantitative estimate of drug-likeness (QED) is 0.715. The molecule has 3 rings (SSSR count). The first-order valence-corrected chi connectivity index (χ1v) is 9.86. The van der Waals surface area contributed by atoms with Gasteiger partial charge >= 0.3 is 6.18 Å². The van der Waals surface area contributed by atoms with Crippen LogP contribution in [0.25, 0.3) is 0 Å². The molecule has 0 aromatic carbocycles. The summed E-state index contributed by atoms with van der Waals surface area (Å²) in [7, 11) is 1.31. The van der Waals surface area contributed by atoms with Gasteiger partial charge in [-0.2, -0.15) is 13.2 Å². The molecule has 168 valence electrons. The molecule has 31 heavy (non-hydrogen) atoms. The Balaban J connectivity index is 1.61. The monoisotopic (exact) mass is 459 g/mol. The minimum atomic E-state index is -5.09. The lowest BCUT2D eigenvalue weighted by atomic mass is 9.93. The number of rotatable bonds is 5. The average Bonchev–Trinajstić information content (AvgIpc) is 3.15. The lowest BCUT2D eigenvalue weighted by Gasteiger charge is -2.35. The summed E-state index contributed by atoms with van der Waals surface area (Å²) in [5, 5.41) is 13.5. The summed E-state index contributed by atoms with van der Waals surface area (Å²) in [6, 6.07) is 3.13. The van der Waals surface area contributed by atoms with Crippen molar-refractivity contribution >= 4 is 29.2 Å². The molecule has 2 N–H and O–H groups in total. The SMILES string of the molecule is Cn1ccnc1C(O)(CC(=O)N1CCC(C(=O)Nc2ccc(Cl)cn2)CC1)C(F)(F)F. The third kappa shape index (κ3) is 4.99. The number of alkyl halides is 3. The van der Waals surface area contributed by atoms with Gasteiger partial charge in [-0.3, -0.25) is 9.59 Å². The molecule has 1 saturated heterocycles. The summed E-state index contributed by atoms with van der Waals surface area (Å²) in [6.45, 7) is 0.193. The maximum Gasteiger partial charge on any atom is 0.425 e. The molecule has 2 aromatic rings. The summed E-state index contributed by atoms with van der Waals surface area (Å²) in [4.78, 5) is 33.8. The molecule has 2 aromatic heterocycles. The summed E-state index contributed by atoms with van der Waals surface area (Å²) < 4.78 is 41.9. The lowest BCUT2D eigenvalue weighted by molar-refractivity contribution is -0.272. The molecule has 8 nitrogen and oxygen atoms in total. The smallest absolute Gasteiger partial charge is 0.374 e. The van der Waals surface area contributed by atoms with Crippen LogP contribution >= 0.6 is 11.6 Å². The first kappa shape index (κ1) is 23.0.